The van der Waals surface area contributed by atoms with E-state index in [1.807, 2.05) is 6.08 Å². The van der Waals surface area contributed by atoms with Crippen molar-refractivity contribution >= 4 is 6.09 Å². The third-order valence-corrected chi connectivity index (χ3v) is 4.63. The summed E-state index contributed by atoms with van der Waals surface area (Å²) in [5, 5.41) is 2.79. The zero-order chi connectivity index (χ0) is 18.5. The molecule has 1 amide bonds. The second-order valence-electron chi connectivity index (χ2n) is 7.64. The molecule has 0 aromatic heterocycles. The smallest absolute Gasteiger partial charge is 0.407 e. The van der Waals surface area contributed by atoms with Crippen LogP contribution in [0.1, 0.15) is 52.4 Å². The van der Waals surface area contributed by atoms with Crippen LogP contribution >= 0.6 is 0 Å². The van der Waals surface area contributed by atoms with Crippen molar-refractivity contribution in [1.82, 2.24) is 10.2 Å². The molecular formula is C20H38N2O3. The van der Waals surface area contributed by atoms with Crippen LogP contribution < -0.4 is 5.32 Å². The Morgan fingerprint density at radius 2 is 2.00 bits per heavy atom. The predicted octanol–water partition coefficient (Wildman–Crippen LogP) is 3.84. The molecule has 1 N–H and O–H groups in total. The molecule has 0 saturated heterocycles. The molecule has 0 aromatic rings. The van der Waals surface area contributed by atoms with Gasteiger partial charge in [-0.05, 0) is 64.0 Å². The lowest BCUT2D eigenvalue weighted by Crippen LogP contribution is -2.31. The highest BCUT2D eigenvalue weighted by molar-refractivity contribution is 5.67. The Morgan fingerprint density at radius 3 is 2.64 bits per heavy atom. The number of rotatable bonds is 12. The van der Waals surface area contributed by atoms with Gasteiger partial charge < -0.3 is 19.7 Å². The molecule has 5 heteroatoms. The van der Waals surface area contributed by atoms with Crippen LogP contribution in [0.5, 0.6) is 0 Å². The number of nitrogens with zero attached hydrogens (tertiary/aromatic N) is 1. The first-order valence-electron chi connectivity index (χ1n) is 9.83. The monoisotopic (exact) mass is 354 g/mol. The Hall–Kier alpha value is -1.07. The molecule has 0 aromatic carbocycles. The Bertz CT molecular complexity index is 366. The normalized spacial score (nSPS) is 20.7. The number of likely N-dealkylation sites (N-methyl/N-ethyl adjacent to an activating group) is 1. The minimum Gasteiger partial charge on any atom is -0.449 e. The van der Waals surface area contributed by atoms with Gasteiger partial charge in [-0.1, -0.05) is 19.9 Å². The van der Waals surface area contributed by atoms with E-state index < -0.39 is 0 Å². The highest BCUT2D eigenvalue weighted by Crippen LogP contribution is 2.26. The van der Waals surface area contributed by atoms with Gasteiger partial charge in [0.25, 0.3) is 0 Å². The van der Waals surface area contributed by atoms with Gasteiger partial charge in [0.1, 0.15) is 0 Å². The van der Waals surface area contributed by atoms with E-state index in [9.17, 15) is 4.79 Å². The quantitative estimate of drug-likeness (QED) is 0.427. The van der Waals surface area contributed by atoms with Gasteiger partial charge in [0.15, 0.2) is 0 Å². The standard InChI is InChI=1S/C20H38N2O3/c1-5-12-22(4)13-6-7-14-24-19-10-8-18(9-11-19)16-25-20(23)21-15-17(2)3/h5,17-19H,1,6-16H2,2-4H3,(H,21,23). The Labute approximate surface area is 154 Å². The summed E-state index contributed by atoms with van der Waals surface area (Å²) in [5.74, 6) is 0.930. The van der Waals surface area contributed by atoms with Gasteiger partial charge in [-0.2, -0.15) is 0 Å². The highest BCUT2D eigenvalue weighted by Gasteiger charge is 2.22. The minimum atomic E-state index is -0.284. The van der Waals surface area contributed by atoms with E-state index in [1.54, 1.807) is 0 Å². The summed E-state index contributed by atoms with van der Waals surface area (Å²) in [5.41, 5.74) is 0. The molecule has 0 radical (unpaired) electrons. The second kappa shape index (κ2) is 13.2. The zero-order valence-corrected chi connectivity index (χ0v) is 16.5. The number of alkyl carbamates (subject to hydrolysis) is 1. The lowest BCUT2D eigenvalue weighted by atomic mass is 9.88. The van der Waals surface area contributed by atoms with Crippen LogP contribution in [0, 0.1) is 11.8 Å². The number of ether oxygens (including phenoxy) is 2. The lowest BCUT2D eigenvalue weighted by Gasteiger charge is -2.28. The van der Waals surface area contributed by atoms with E-state index in [1.165, 1.54) is 6.42 Å². The molecule has 0 bridgehead atoms. The van der Waals surface area contributed by atoms with Gasteiger partial charge in [-0.25, -0.2) is 4.79 Å². The Balaban J connectivity index is 2.00. The molecule has 1 saturated carbocycles. The fraction of sp³-hybridized carbons (Fsp3) is 0.850. The lowest BCUT2D eigenvalue weighted by molar-refractivity contribution is 0.00753. The maximum absolute atomic E-state index is 11.6. The molecule has 1 aliphatic rings. The molecule has 0 unspecified atom stereocenters. The molecule has 0 spiro atoms. The summed E-state index contributed by atoms with van der Waals surface area (Å²) in [6, 6.07) is 0. The summed E-state index contributed by atoms with van der Waals surface area (Å²) in [7, 11) is 2.12. The summed E-state index contributed by atoms with van der Waals surface area (Å²) >= 11 is 0. The van der Waals surface area contributed by atoms with Crippen molar-refractivity contribution < 1.29 is 14.3 Å². The Kier molecular flexibility index (Phi) is 11.6. The number of hydrogen-bond acceptors (Lipinski definition) is 4. The summed E-state index contributed by atoms with van der Waals surface area (Å²) in [6.45, 7) is 12.0. The maximum atomic E-state index is 11.6. The van der Waals surface area contributed by atoms with Crippen molar-refractivity contribution in [2.24, 2.45) is 11.8 Å². The molecule has 1 rings (SSSR count). The van der Waals surface area contributed by atoms with Gasteiger partial charge in [0.2, 0.25) is 0 Å². The van der Waals surface area contributed by atoms with Crippen molar-refractivity contribution in [3.05, 3.63) is 12.7 Å². The third-order valence-electron chi connectivity index (χ3n) is 4.63. The van der Waals surface area contributed by atoms with Gasteiger partial charge in [-0.3, -0.25) is 0 Å². The van der Waals surface area contributed by atoms with Crippen LogP contribution in [0.4, 0.5) is 4.79 Å². The SMILES string of the molecule is C=CCN(C)CCCCOC1CCC(COC(=O)NCC(C)C)CC1. The van der Waals surface area contributed by atoms with Crippen molar-refractivity contribution in [3.8, 4) is 0 Å². The number of amides is 1. The van der Waals surface area contributed by atoms with Crippen LogP contribution in [0.3, 0.4) is 0 Å². The summed E-state index contributed by atoms with van der Waals surface area (Å²) < 4.78 is 11.3. The maximum Gasteiger partial charge on any atom is 0.407 e. The summed E-state index contributed by atoms with van der Waals surface area (Å²) in [6.07, 6.45) is 8.65. The molecular weight excluding hydrogens is 316 g/mol. The van der Waals surface area contributed by atoms with Crippen LogP contribution in [0.15, 0.2) is 12.7 Å². The minimum absolute atomic E-state index is 0.284. The fourth-order valence-electron chi connectivity index (χ4n) is 3.04. The van der Waals surface area contributed by atoms with Gasteiger partial charge >= 0.3 is 6.09 Å². The van der Waals surface area contributed by atoms with Crippen molar-refractivity contribution in [2.45, 2.75) is 58.5 Å². The number of nitrogens with one attached hydrogen (secondary N) is 1. The van der Waals surface area contributed by atoms with Crippen LogP contribution in [-0.2, 0) is 9.47 Å². The predicted molar refractivity (Wildman–Crippen MR) is 103 cm³/mol. The van der Waals surface area contributed by atoms with Gasteiger partial charge in [0.05, 0.1) is 12.7 Å². The molecule has 146 valence electrons. The van der Waals surface area contributed by atoms with Crippen LogP contribution in [-0.4, -0.2) is 57.0 Å². The molecule has 1 fully saturated rings. The first-order valence-corrected chi connectivity index (χ1v) is 9.83. The zero-order valence-electron chi connectivity index (χ0n) is 16.5. The Morgan fingerprint density at radius 1 is 1.28 bits per heavy atom. The highest BCUT2D eigenvalue weighted by atomic mass is 16.5. The number of carbonyl (C=O) groups excluding carboxylic acids is 1. The van der Waals surface area contributed by atoms with E-state index in [0.29, 0.717) is 31.1 Å². The van der Waals surface area contributed by atoms with E-state index in [2.05, 4.69) is 37.7 Å². The topological polar surface area (TPSA) is 50.8 Å². The average Bonchev–Trinajstić information content (AvgIpc) is 2.59. The largest absolute Gasteiger partial charge is 0.449 e. The first kappa shape index (κ1) is 22.0. The number of carbonyl (C=O) groups is 1. The van der Waals surface area contributed by atoms with Crippen LogP contribution in [0.25, 0.3) is 0 Å². The van der Waals surface area contributed by atoms with E-state index >= 15 is 0 Å². The van der Waals surface area contributed by atoms with E-state index in [-0.39, 0.29) is 6.09 Å². The molecule has 0 aliphatic heterocycles. The number of hydrogen-bond donors (Lipinski definition) is 1. The van der Waals surface area contributed by atoms with Crippen LogP contribution in [0.2, 0.25) is 0 Å². The first-order chi connectivity index (χ1) is 12.0. The number of unbranched alkanes of at least 4 members (excludes halogenated alkanes) is 1. The van der Waals surface area contributed by atoms with E-state index in [4.69, 9.17) is 9.47 Å². The molecule has 0 atom stereocenters. The second-order valence-corrected chi connectivity index (χ2v) is 7.64. The summed E-state index contributed by atoms with van der Waals surface area (Å²) in [4.78, 5) is 13.9. The van der Waals surface area contributed by atoms with E-state index in [0.717, 1.165) is 51.8 Å². The fourth-order valence-corrected chi connectivity index (χ4v) is 3.04. The van der Waals surface area contributed by atoms with Crippen molar-refractivity contribution in [1.29, 1.82) is 0 Å². The molecule has 25 heavy (non-hydrogen) atoms. The van der Waals surface area contributed by atoms with Gasteiger partial charge in [0, 0.05) is 19.7 Å². The molecule has 0 heterocycles. The van der Waals surface area contributed by atoms with Crippen molar-refractivity contribution in [3.63, 3.8) is 0 Å². The van der Waals surface area contributed by atoms with Crippen molar-refractivity contribution in [2.75, 3.05) is 39.9 Å². The molecule has 5 nitrogen and oxygen atoms in total. The third kappa shape index (κ3) is 11.2. The molecule has 1 aliphatic carbocycles. The van der Waals surface area contributed by atoms with Gasteiger partial charge in [-0.15, -0.1) is 6.58 Å². The average molecular weight is 355 g/mol.